The number of halogens is 1. The van der Waals surface area contributed by atoms with Crippen LogP contribution in [0.3, 0.4) is 0 Å². The molecule has 0 amide bonds. The molecule has 0 radical (unpaired) electrons. The molecule has 0 fully saturated rings. The predicted octanol–water partition coefficient (Wildman–Crippen LogP) is 3.68. The lowest BCUT2D eigenvalue weighted by Gasteiger charge is -2.18. The minimum atomic E-state index is -0.513. The van der Waals surface area contributed by atoms with E-state index in [0.29, 0.717) is 46.8 Å². The molecular weight excluding hydrogens is 404 g/mol. The van der Waals surface area contributed by atoms with Crippen molar-refractivity contribution in [2.45, 2.75) is 6.61 Å². The fourth-order valence-electron chi connectivity index (χ4n) is 2.72. The van der Waals surface area contributed by atoms with E-state index < -0.39 is 11.6 Å². The van der Waals surface area contributed by atoms with Crippen molar-refractivity contribution in [3.63, 3.8) is 0 Å². The Morgan fingerprint density at radius 1 is 1.04 bits per heavy atom. The van der Waals surface area contributed by atoms with Crippen molar-refractivity contribution in [2.75, 3.05) is 13.2 Å². The first-order chi connectivity index (χ1) is 12.6. The average Bonchev–Trinajstić information content (AvgIpc) is 2.65. The molecule has 132 valence electrons. The van der Waals surface area contributed by atoms with Gasteiger partial charge in [-0.25, -0.2) is 9.59 Å². The van der Waals surface area contributed by atoms with Gasteiger partial charge in [-0.2, -0.15) is 0 Å². The van der Waals surface area contributed by atoms with E-state index in [0.717, 1.165) is 4.47 Å². The number of rotatable bonds is 3. The predicted molar refractivity (Wildman–Crippen MR) is 96.7 cm³/mol. The van der Waals surface area contributed by atoms with Crippen LogP contribution in [0.4, 0.5) is 0 Å². The van der Waals surface area contributed by atoms with Crippen LogP contribution >= 0.6 is 15.9 Å². The zero-order valence-corrected chi connectivity index (χ0v) is 15.1. The second-order valence-corrected chi connectivity index (χ2v) is 6.58. The first kappa shape index (κ1) is 16.7. The lowest BCUT2D eigenvalue weighted by molar-refractivity contribution is 0.0473. The van der Waals surface area contributed by atoms with Gasteiger partial charge in [-0.1, -0.05) is 15.9 Å². The van der Waals surface area contributed by atoms with Gasteiger partial charge < -0.3 is 18.6 Å². The summed E-state index contributed by atoms with van der Waals surface area (Å²) in [6.45, 7) is 0.875. The fraction of sp³-hybridized carbons (Fsp3) is 0.158. The minimum absolute atomic E-state index is 0.0446. The van der Waals surface area contributed by atoms with Crippen molar-refractivity contribution in [3.8, 4) is 11.5 Å². The maximum absolute atomic E-state index is 12.4. The summed E-state index contributed by atoms with van der Waals surface area (Å²) in [5.74, 6) is 0.604. The first-order valence-electron chi connectivity index (χ1n) is 7.89. The molecule has 0 spiro atoms. The largest absolute Gasteiger partial charge is 0.486 e. The molecule has 0 N–H and O–H groups in total. The smallest absolute Gasteiger partial charge is 0.338 e. The Bertz CT molecular complexity index is 1060. The van der Waals surface area contributed by atoms with Crippen LogP contribution in [-0.4, -0.2) is 19.2 Å². The van der Waals surface area contributed by atoms with Crippen LogP contribution < -0.4 is 15.1 Å². The van der Waals surface area contributed by atoms with Gasteiger partial charge in [0.25, 0.3) is 0 Å². The van der Waals surface area contributed by atoms with Crippen LogP contribution in [0.1, 0.15) is 15.9 Å². The summed E-state index contributed by atoms with van der Waals surface area (Å²) in [4.78, 5) is 24.1. The van der Waals surface area contributed by atoms with Gasteiger partial charge in [0.15, 0.2) is 11.5 Å². The highest BCUT2D eigenvalue weighted by atomic mass is 79.9. The molecule has 0 aliphatic carbocycles. The summed E-state index contributed by atoms with van der Waals surface area (Å²) in [6, 6.07) is 11.5. The van der Waals surface area contributed by atoms with E-state index in [1.165, 1.54) is 6.07 Å². The lowest BCUT2D eigenvalue weighted by Crippen LogP contribution is -2.16. The van der Waals surface area contributed by atoms with Crippen LogP contribution in [0.25, 0.3) is 11.0 Å². The summed E-state index contributed by atoms with van der Waals surface area (Å²) >= 11 is 3.33. The van der Waals surface area contributed by atoms with Gasteiger partial charge >= 0.3 is 11.6 Å². The van der Waals surface area contributed by atoms with E-state index in [-0.39, 0.29) is 6.61 Å². The number of carbonyl (C=O) groups excluding carboxylic acids is 1. The Morgan fingerprint density at radius 2 is 1.85 bits per heavy atom. The van der Waals surface area contributed by atoms with Crippen molar-refractivity contribution >= 4 is 32.9 Å². The van der Waals surface area contributed by atoms with Gasteiger partial charge in [0.2, 0.25) is 0 Å². The molecule has 2 heterocycles. The van der Waals surface area contributed by atoms with Crippen LogP contribution in [0.2, 0.25) is 0 Å². The topological polar surface area (TPSA) is 75.0 Å². The van der Waals surface area contributed by atoms with Crippen molar-refractivity contribution < 1.29 is 23.4 Å². The highest BCUT2D eigenvalue weighted by molar-refractivity contribution is 9.10. The third kappa shape index (κ3) is 3.30. The van der Waals surface area contributed by atoms with Crippen LogP contribution in [0, 0.1) is 0 Å². The van der Waals surface area contributed by atoms with E-state index in [9.17, 15) is 9.59 Å². The Hall–Kier alpha value is -2.80. The normalized spacial score (nSPS) is 12.8. The molecule has 2 aromatic carbocycles. The standard InChI is InChI=1S/C19H13BrO6/c20-13-2-3-14-12(8-18(21)26-16(14)9-13)10-25-19(22)11-1-4-15-17(7-11)24-6-5-23-15/h1-4,7-9H,5-6,10H2. The van der Waals surface area contributed by atoms with E-state index >= 15 is 0 Å². The Labute approximate surface area is 156 Å². The Balaban J connectivity index is 1.56. The molecule has 1 aliphatic rings. The second-order valence-electron chi connectivity index (χ2n) is 5.67. The molecule has 0 atom stereocenters. The molecule has 7 heteroatoms. The maximum Gasteiger partial charge on any atom is 0.338 e. The number of carbonyl (C=O) groups is 1. The molecule has 1 aliphatic heterocycles. The Kier molecular flexibility index (Phi) is 4.38. The number of hydrogen-bond donors (Lipinski definition) is 0. The van der Waals surface area contributed by atoms with Crippen molar-refractivity contribution in [3.05, 3.63) is 68.5 Å². The molecule has 6 nitrogen and oxygen atoms in total. The monoisotopic (exact) mass is 416 g/mol. The quantitative estimate of drug-likeness (QED) is 0.478. The zero-order chi connectivity index (χ0) is 18.1. The molecule has 3 aromatic rings. The third-order valence-corrected chi connectivity index (χ3v) is 4.42. The highest BCUT2D eigenvalue weighted by Crippen LogP contribution is 2.31. The van der Waals surface area contributed by atoms with E-state index in [1.807, 2.05) is 6.07 Å². The molecule has 0 bridgehead atoms. The zero-order valence-electron chi connectivity index (χ0n) is 13.5. The summed E-state index contributed by atoms with van der Waals surface area (Å²) in [6.07, 6.45) is 0. The second kappa shape index (κ2) is 6.84. The molecule has 1 aromatic heterocycles. The summed E-state index contributed by atoms with van der Waals surface area (Å²) < 4.78 is 22.2. The molecule has 0 saturated heterocycles. The first-order valence-corrected chi connectivity index (χ1v) is 8.68. The minimum Gasteiger partial charge on any atom is -0.486 e. The SMILES string of the molecule is O=C(OCc1cc(=O)oc2cc(Br)ccc12)c1ccc2c(c1)OCCO2. The van der Waals surface area contributed by atoms with Crippen molar-refractivity contribution in [1.82, 2.24) is 0 Å². The van der Waals surface area contributed by atoms with Gasteiger partial charge in [-0.3, -0.25) is 0 Å². The number of hydrogen-bond acceptors (Lipinski definition) is 6. The van der Waals surface area contributed by atoms with Gasteiger partial charge in [-0.15, -0.1) is 0 Å². The van der Waals surface area contributed by atoms with Gasteiger partial charge in [0.05, 0.1) is 5.56 Å². The highest BCUT2D eigenvalue weighted by Gasteiger charge is 2.16. The van der Waals surface area contributed by atoms with E-state index in [1.54, 1.807) is 30.3 Å². The maximum atomic E-state index is 12.4. The number of ether oxygens (including phenoxy) is 3. The average molecular weight is 417 g/mol. The Morgan fingerprint density at radius 3 is 2.69 bits per heavy atom. The van der Waals surface area contributed by atoms with Crippen LogP contribution in [-0.2, 0) is 11.3 Å². The number of fused-ring (bicyclic) bond motifs is 2. The van der Waals surface area contributed by atoms with Crippen LogP contribution in [0.5, 0.6) is 11.5 Å². The fourth-order valence-corrected chi connectivity index (χ4v) is 3.06. The molecule has 0 saturated carbocycles. The van der Waals surface area contributed by atoms with Gasteiger partial charge in [0, 0.05) is 21.5 Å². The number of benzene rings is 2. The summed E-state index contributed by atoms with van der Waals surface area (Å²) in [5.41, 5.74) is 0.858. The summed E-state index contributed by atoms with van der Waals surface area (Å²) in [7, 11) is 0. The molecule has 26 heavy (non-hydrogen) atoms. The van der Waals surface area contributed by atoms with Crippen molar-refractivity contribution in [2.24, 2.45) is 0 Å². The third-order valence-electron chi connectivity index (χ3n) is 3.93. The van der Waals surface area contributed by atoms with E-state index in [4.69, 9.17) is 18.6 Å². The van der Waals surface area contributed by atoms with Crippen molar-refractivity contribution in [1.29, 1.82) is 0 Å². The molecular formula is C19H13BrO6. The van der Waals surface area contributed by atoms with Gasteiger partial charge in [0.1, 0.15) is 25.4 Å². The molecule has 0 unspecified atom stereocenters. The molecule has 4 rings (SSSR count). The van der Waals surface area contributed by atoms with Gasteiger partial charge in [-0.05, 0) is 36.4 Å². The van der Waals surface area contributed by atoms with Crippen LogP contribution in [0.15, 0.2) is 56.1 Å². The number of esters is 1. The summed E-state index contributed by atoms with van der Waals surface area (Å²) in [5, 5.41) is 0.711. The van der Waals surface area contributed by atoms with E-state index in [2.05, 4.69) is 15.9 Å². The lowest BCUT2D eigenvalue weighted by atomic mass is 10.1.